The molecule has 0 amide bonds. The van der Waals surface area contributed by atoms with Gasteiger partial charge in [0.05, 0.1) is 12.0 Å². The molecule has 96 valence electrons. The molecule has 1 aromatic rings. The van der Waals surface area contributed by atoms with E-state index in [1.165, 1.54) is 6.07 Å². The predicted molar refractivity (Wildman–Crippen MR) is 60.0 cm³/mol. The van der Waals surface area contributed by atoms with Gasteiger partial charge in [-0.1, -0.05) is 11.6 Å². The van der Waals surface area contributed by atoms with Crippen LogP contribution in [0, 0.1) is 0 Å². The molecule has 0 spiro atoms. The van der Waals surface area contributed by atoms with Gasteiger partial charge >= 0.3 is 12.1 Å². The maximum atomic E-state index is 12.6. The number of allylic oxidation sites excluding steroid dienone is 1. The van der Waals surface area contributed by atoms with Gasteiger partial charge in [0.25, 0.3) is 0 Å². The Balaban J connectivity index is 2.47. The van der Waals surface area contributed by atoms with E-state index in [-0.39, 0.29) is 6.42 Å². The van der Waals surface area contributed by atoms with Gasteiger partial charge in [-0.15, -0.1) is 0 Å². The van der Waals surface area contributed by atoms with Crippen molar-refractivity contribution in [1.82, 2.24) is 0 Å². The third kappa shape index (κ3) is 2.25. The van der Waals surface area contributed by atoms with Crippen LogP contribution in [0.15, 0.2) is 23.8 Å². The van der Waals surface area contributed by atoms with Gasteiger partial charge in [-0.05, 0) is 42.2 Å². The number of fused-ring (bicyclic) bond motifs is 1. The molecule has 2 rings (SSSR count). The molecule has 0 aromatic heterocycles. The highest BCUT2D eigenvalue weighted by Crippen LogP contribution is 2.38. The molecule has 18 heavy (non-hydrogen) atoms. The molecule has 0 saturated carbocycles. The Hall–Kier alpha value is -1.78. The molecule has 0 heterocycles. The van der Waals surface area contributed by atoms with Crippen molar-refractivity contribution in [2.45, 2.75) is 25.9 Å². The van der Waals surface area contributed by atoms with Gasteiger partial charge in [0.2, 0.25) is 0 Å². The first kappa shape index (κ1) is 12.7. The van der Waals surface area contributed by atoms with E-state index in [0.29, 0.717) is 17.6 Å². The number of carbonyl (C=O) groups is 1. The summed E-state index contributed by atoms with van der Waals surface area (Å²) in [4.78, 5) is 10.7. The average Bonchev–Trinajstić information content (AvgIpc) is 2.53. The fourth-order valence-corrected chi connectivity index (χ4v) is 2.21. The van der Waals surface area contributed by atoms with E-state index in [1.807, 2.05) is 0 Å². The maximum Gasteiger partial charge on any atom is 0.416 e. The summed E-state index contributed by atoms with van der Waals surface area (Å²) in [5.74, 6) is -1.03. The Morgan fingerprint density at radius 3 is 2.61 bits per heavy atom. The topological polar surface area (TPSA) is 37.3 Å². The van der Waals surface area contributed by atoms with E-state index in [1.54, 1.807) is 6.92 Å². The zero-order valence-electron chi connectivity index (χ0n) is 9.64. The highest BCUT2D eigenvalue weighted by molar-refractivity contribution is 5.88. The van der Waals surface area contributed by atoms with Crippen LogP contribution in [0.5, 0.6) is 0 Å². The highest BCUT2D eigenvalue weighted by atomic mass is 19.4. The number of hydrogen-bond acceptors (Lipinski definition) is 1. The van der Waals surface area contributed by atoms with Gasteiger partial charge in [-0.3, -0.25) is 4.79 Å². The van der Waals surface area contributed by atoms with E-state index >= 15 is 0 Å². The summed E-state index contributed by atoms with van der Waals surface area (Å²) in [7, 11) is 0. The van der Waals surface area contributed by atoms with Crippen LogP contribution < -0.4 is 0 Å². The smallest absolute Gasteiger partial charge is 0.416 e. The zero-order valence-corrected chi connectivity index (χ0v) is 9.64. The van der Waals surface area contributed by atoms with E-state index in [4.69, 9.17) is 5.11 Å². The minimum Gasteiger partial charge on any atom is -0.481 e. The quantitative estimate of drug-likeness (QED) is 0.879. The third-order valence-electron chi connectivity index (χ3n) is 3.06. The number of halogens is 3. The summed E-state index contributed by atoms with van der Waals surface area (Å²) in [5, 5.41) is 8.79. The standard InChI is InChI=1S/C13H11F3O2/c1-7-4-8-2-3-9(13(14,15)16)5-11(8)10(7)6-12(17)18/h2-3,5H,4,6H2,1H3,(H,17,18). The van der Waals surface area contributed by atoms with E-state index in [0.717, 1.165) is 23.3 Å². The number of carboxylic acid groups (broad SMARTS) is 1. The van der Waals surface area contributed by atoms with Crippen LogP contribution in [0.25, 0.3) is 5.57 Å². The number of rotatable bonds is 2. The lowest BCUT2D eigenvalue weighted by Gasteiger charge is -2.10. The lowest BCUT2D eigenvalue weighted by Crippen LogP contribution is -2.06. The SMILES string of the molecule is CC1=C(CC(=O)O)c2cc(C(F)(F)F)ccc2C1. The molecule has 0 aliphatic heterocycles. The molecule has 0 saturated heterocycles. The Labute approximate surface area is 102 Å². The Morgan fingerprint density at radius 1 is 1.39 bits per heavy atom. The lowest BCUT2D eigenvalue weighted by atomic mass is 10.00. The van der Waals surface area contributed by atoms with Crippen LogP contribution in [0.4, 0.5) is 13.2 Å². The second kappa shape index (κ2) is 4.15. The van der Waals surface area contributed by atoms with Gasteiger partial charge in [-0.2, -0.15) is 13.2 Å². The molecular weight excluding hydrogens is 245 g/mol. The summed E-state index contributed by atoms with van der Waals surface area (Å²) in [6.45, 7) is 1.76. The monoisotopic (exact) mass is 256 g/mol. The predicted octanol–water partition coefficient (Wildman–Crippen LogP) is 3.51. The molecule has 5 heteroatoms. The van der Waals surface area contributed by atoms with E-state index in [9.17, 15) is 18.0 Å². The zero-order chi connectivity index (χ0) is 13.5. The van der Waals surface area contributed by atoms with Gasteiger partial charge < -0.3 is 5.11 Å². The fraction of sp³-hybridized carbons (Fsp3) is 0.308. The van der Waals surface area contributed by atoms with Crippen molar-refractivity contribution in [1.29, 1.82) is 0 Å². The molecule has 1 aliphatic rings. The molecule has 0 atom stereocenters. The maximum absolute atomic E-state index is 12.6. The second-order valence-corrected chi connectivity index (χ2v) is 4.38. The number of aliphatic carboxylic acids is 1. The number of hydrogen-bond donors (Lipinski definition) is 1. The third-order valence-corrected chi connectivity index (χ3v) is 3.06. The van der Waals surface area contributed by atoms with Crippen molar-refractivity contribution in [2.24, 2.45) is 0 Å². The van der Waals surface area contributed by atoms with Gasteiger partial charge in [0.1, 0.15) is 0 Å². The summed E-state index contributed by atoms with van der Waals surface area (Å²) in [6.07, 6.45) is -4.11. The summed E-state index contributed by atoms with van der Waals surface area (Å²) in [6, 6.07) is 3.51. The van der Waals surface area contributed by atoms with Crippen LogP contribution in [-0.2, 0) is 17.4 Å². The van der Waals surface area contributed by atoms with Crippen molar-refractivity contribution >= 4 is 11.5 Å². The fourth-order valence-electron chi connectivity index (χ4n) is 2.21. The van der Waals surface area contributed by atoms with Crippen LogP contribution >= 0.6 is 0 Å². The molecule has 1 aliphatic carbocycles. The highest BCUT2D eigenvalue weighted by Gasteiger charge is 2.32. The first-order valence-corrected chi connectivity index (χ1v) is 5.40. The molecule has 0 radical (unpaired) electrons. The summed E-state index contributed by atoms with van der Waals surface area (Å²) >= 11 is 0. The summed E-state index contributed by atoms with van der Waals surface area (Å²) < 4.78 is 37.8. The molecule has 1 aromatic carbocycles. The van der Waals surface area contributed by atoms with E-state index in [2.05, 4.69) is 0 Å². The van der Waals surface area contributed by atoms with Crippen LogP contribution in [0.1, 0.15) is 30.0 Å². The van der Waals surface area contributed by atoms with Crippen LogP contribution in [-0.4, -0.2) is 11.1 Å². The normalized spacial score (nSPS) is 14.9. The first-order chi connectivity index (χ1) is 8.29. The minimum atomic E-state index is -4.40. The molecule has 0 fully saturated rings. The van der Waals surface area contributed by atoms with Crippen molar-refractivity contribution < 1.29 is 23.1 Å². The van der Waals surface area contributed by atoms with Gasteiger partial charge in [-0.25, -0.2) is 0 Å². The number of benzene rings is 1. The largest absolute Gasteiger partial charge is 0.481 e. The van der Waals surface area contributed by atoms with E-state index < -0.39 is 17.7 Å². The van der Waals surface area contributed by atoms with Crippen molar-refractivity contribution in [2.75, 3.05) is 0 Å². The van der Waals surface area contributed by atoms with Crippen molar-refractivity contribution in [3.8, 4) is 0 Å². The van der Waals surface area contributed by atoms with Gasteiger partial charge in [0, 0.05) is 0 Å². The Bertz CT molecular complexity index is 542. The number of alkyl halides is 3. The first-order valence-electron chi connectivity index (χ1n) is 5.40. The Kier molecular flexibility index (Phi) is 2.92. The minimum absolute atomic E-state index is 0.236. The van der Waals surface area contributed by atoms with Gasteiger partial charge in [0.15, 0.2) is 0 Å². The van der Waals surface area contributed by atoms with Crippen molar-refractivity contribution in [3.05, 3.63) is 40.5 Å². The number of carboxylic acids is 1. The second-order valence-electron chi connectivity index (χ2n) is 4.38. The van der Waals surface area contributed by atoms with Crippen molar-refractivity contribution in [3.63, 3.8) is 0 Å². The molecule has 2 nitrogen and oxygen atoms in total. The molecule has 0 unspecified atom stereocenters. The lowest BCUT2D eigenvalue weighted by molar-refractivity contribution is -0.137. The molecule has 0 bridgehead atoms. The van der Waals surface area contributed by atoms with Crippen LogP contribution in [0.2, 0.25) is 0 Å². The van der Waals surface area contributed by atoms with Crippen LogP contribution in [0.3, 0.4) is 0 Å². The molecular formula is C13H11F3O2. The molecule has 1 N–H and O–H groups in total. The summed E-state index contributed by atoms with van der Waals surface area (Å²) in [5.41, 5.74) is 1.77. The Morgan fingerprint density at radius 2 is 2.06 bits per heavy atom. The average molecular weight is 256 g/mol.